The van der Waals surface area contributed by atoms with Crippen LogP contribution in [0.4, 0.5) is 0 Å². The van der Waals surface area contributed by atoms with E-state index in [1.54, 1.807) is 23.0 Å². The number of aromatic nitrogens is 3. The first-order valence-corrected chi connectivity index (χ1v) is 8.72. The lowest BCUT2D eigenvalue weighted by Gasteiger charge is -2.28. The molecule has 2 aliphatic carbocycles. The Kier molecular flexibility index (Phi) is 3.44. The van der Waals surface area contributed by atoms with Gasteiger partial charge in [0.05, 0.1) is 4.47 Å². The Bertz CT molecular complexity index is 728. The van der Waals surface area contributed by atoms with E-state index in [2.05, 4.69) is 38.3 Å². The fraction of sp³-hybridized carbons (Fsp3) is 0.562. The number of carbonyl (C=O) groups is 1. The van der Waals surface area contributed by atoms with Gasteiger partial charge in [0.1, 0.15) is 0 Å². The van der Waals surface area contributed by atoms with E-state index in [9.17, 15) is 4.79 Å². The van der Waals surface area contributed by atoms with Crippen LogP contribution in [0.1, 0.15) is 43.1 Å². The van der Waals surface area contributed by atoms with Crippen molar-refractivity contribution < 1.29 is 4.79 Å². The molecule has 0 radical (unpaired) electrons. The van der Waals surface area contributed by atoms with E-state index in [1.165, 1.54) is 25.7 Å². The molecule has 0 saturated heterocycles. The zero-order valence-corrected chi connectivity index (χ0v) is 14.1. The lowest BCUT2D eigenvalue weighted by Crippen LogP contribution is -2.40. The van der Waals surface area contributed by atoms with Crippen molar-refractivity contribution in [1.29, 1.82) is 0 Å². The van der Waals surface area contributed by atoms with Gasteiger partial charge in [-0.25, -0.2) is 9.50 Å². The predicted molar refractivity (Wildman–Crippen MR) is 86.6 cm³/mol. The van der Waals surface area contributed by atoms with E-state index in [1.807, 2.05) is 0 Å². The summed E-state index contributed by atoms with van der Waals surface area (Å²) >= 11 is 3.45. The Morgan fingerprint density at radius 2 is 2.32 bits per heavy atom. The average molecular weight is 363 g/mol. The molecule has 116 valence electrons. The zero-order valence-electron chi connectivity index (χ0n) is 12.5. The molecule has 4 rings (SSSR count). The third kappa shape index (κ3) is 2.24. The number of nitrogens with one attached hydrogen (secondary N) is 1. The van der Waals surface area contributed by atoms with Crippen molar-refractivity contribution in [3.8, 4) is 0 Å². The van der Waals surface area contributed by atoms with Crippen LogP contribution in [-0.2, 0) is 0 Å². The molecule has 0 aromatic carbocycles. The number of halogens is 1. The van der Waals surface area contributed by atoms with Crippen LogP contribution in [-0.4, -0.2) is 26.5 Å². The first-order valence-electron chi connectivity index (χ1n) is 7.93. The lowest BCUT2D eigenvalue weighted by molar-refractivity contribution is 0.0909. The summed E-state index contributed by atoms with van der Waals surface area (Å²) in [6.07, 6.45) is 8.82. The Hall–Kier alpha value is -1.43. The third-order valence-corrected chi connectivity index (χ3v) is 6.08. The predicted octanol–water partition coefficient (Wildman–Crippen LogP) is 3.05. The van der Waals surface area contributed by atoms with Crippen molar-refractivity contribution in [2.75, 3.05) is 0 Å². The van der Waals surface area contributed by atoms with Crippen LogP contribution < -0.4 is 5.32 Å². The molecule has 6 heteroatoms. The molecule has 4 unspecified atom stereocenters. The highest BCUT2D eigenvalue weighted by molar-refractivity contribution is 9.10. The molecular formula is C16H19BrN4O. The third-order valence-electron chi connectivity index (χ3n) is 5.35. The summed E-state index contributed by atoms with van der Waals surface area (Å²) in [5.74, 6) is 2.19. The first-order chi connectivity index (χ1) is 10.6. The molecule has 0 aliphatic heterocycles. The van der Waals surface area contributed by atoms with E-state index in [4.69, 9.17) is 0 Å². The standard InChI is InChI=1S/C16H19BrN4O/c1-9(12-8-10-3-4-11(12)7-10)19-16(22)14-13(17)15-18-5-2-6-21(15)20-14/h2,5-6,9-12H,3-4,7-8H2,1H3,(H,19,22). The SMILES string of the molecule is CC(NC(=O)c1nn2cccnc2c1Br)C1CC2CCC1C2. The van der Waals surface area contributed by atoms with Crippen molar-refractivity contribution in [3.05, 3.63) is 28.6 Å². The Morgan fingerprint density at radius 3 is 3.00 bits per heavy atom. The normalized spacial score (nSPS) is 28.2. The molecule has 2 aromatic rings. The van der Waals surface area contributed by atoms with E-state index in [-0.39, 0.29) is 11.9 Å². The van der Waals surface area contributed by atoms with Gasteiger partial charge in [-0.05, 0) is 65.9 Å². The molecule has 0 spiro atoms. The summed E-state index contributed by atoms with van der Waals surface area (Å²) in [7, 11) is 0. The van der Waals surface area contributed by atoms with Crippen LogP contribution in [0.5, 0.6) is 0 Å². The van der Waals surface area contributed by atoms with Crippen LogP contribution in [0.3, 0.4) is 0 Å². The van der Waals surface area contributed by atoms with Crippen molar-refractivity contribution in [2.24, 2.45) is 17.8 Å². The molecule has 5 nitrogen and oxygen atoms in total. The van der Waals surface area contributed by atoms with Crippen LogP contribution in [0, 0.1) is 17.8 Å². The van der Waals surface area contributed by atoms with Gasteiger partial charge in [0.25, 0.3) is 5.91 Å². The molecule has 2 aliphatic rings. The monoisotopic (exact) mass is 362 g/mol. The molecule has 2 saturated carbocycles. The van der Waals surface area contributed by atoms with Gasteiger partial charge in [-0.2, -0.15) is 5.10 Å². The molecule has 4 atom stereocenters. The second kappa shape index (κ2) is 5.33. The maximum atomic E-state index is 12.6. The van der Waals surface area contributed by atoms with Gasteiger partial charge in [0.2, 0.25) is 0 Å². The number of hydrogen-bond acceptors (Lipinski definition) is 3. The summed E-state index contributed by atoms with van der Waals surface area (Å²) in [5.41, 5.74) is 1.08. The summed E-state index contributed by atoms with van der Waals surface area (Å²) in [4.78, 5) is 16.8. The smallest absolute Gasteiger partial charge is 0.273 e. The molecule has 2 fully saturated rings. The Balaban J connectivity index is 1.52. The molecule has 2 aromatic heterocycles. The summed E-state index contributed by atoms with van der Waals surface area (Å²) in [5, 5.41) is 7.49. The topological polar surface area (TPSA) is 59.3 Å². The molecule has 22 heavy (non-hydrogen) atoms. The van der Waals surface area contributed by atoms with Crippen LogP contribution in [0.25, 0.3) is 5.65 Å². The van der Waals surface area contributed by atoms with Gasteiger partial charge in [0.15, 0.2) is 11.3 Å². The van der Waals surface area contributed by atoms with Gasteiger partial charge in [0, 0.05) is 18.4 Å². The number of fused-ring (bicyclic) bond motifs is 3. The fourth-order valence-corrected chi connectivity index (χ4v) is 4.84. The fourth-order valence-electron chi connectivity index (χ4n) is 4.29. The van der Waals surface area contributed by atoms with Crippen molar-refractivity contribution in [1.82, 2.24) is 19.9 Å². The number of rotatable bonds is 3. The number of hydrogen-bond donors (Lipinski definition) is 1. The summed E-state index contributed by atoms with van der Waals surface area (Å²) in [6.45, 7) is 2.13. The van der Waals surface area contributed by atoms with Gasteiger partial charge in [-0.15, -0.1) is 0 Å². The van der Waals surface area contributed by atoms with Gasteiger partial charge < -0.3 is 5.32 Å². The minimum absolute atomic E-state index is 0.118. The van der Waals surface area contributed by atoms with Gasteiger partial charge in [-0.3, -0.25) is 4.79 Å². The number of amides is 1. The highest BCUT2D eigenvalue weighted by Gasteiger charge is 2.42. The highest BCUT2D eigenvalue weighted by Crippen LogP contribution is 2.49. The summed E-state index contributed by atoms with van der Waals surface area (Å²) < 4.78 is 2.28. The van der Waals surface area contributed by atoms with E-state index < -0.39 is 0 Å². The largest absolute Gasteiger partial charge is 0.348 e. The van der Waals surface area contributed by atoms with Crippen LogP contribution in [0.15, 0.2) is 22.9 Å². The average Bonchev–Trinajstić information content (AvgIpc) is 3.22. The van der Waals surface area contributed by atoms with E-state index in [0.717, 1.165) is 11.8 Å². The zero-order chi connectivity index (χ0) is 15.3. The Labute approximate surface area is 137 Å². The first kappa shape index (κ1) is 14.2. The molecule has 2 bridgehead atoms. The molecule has 2 heterocycles. The highest BCUT2D eigenvalue weighted by atomic mass is 79.9. The van der Waals surface area contributed by atoms with Crippen molar-refractivity contribution in [3.63, 3.8) is 0 Å². The minimum Gasteiger partial charge on any atom is -0.348 e. The lowest BCUT2D eigenvalue weighted by atomic mass is 9.84. The quantitative estimate of drug-likeness (QED) is 0.912. The second-order valence-electron chi connectivity index (χ2n) is 6.65. The Morgan fingerprint density at radius 1 is 1.45 bits per heavy atom. The van der Waals surface area contributed by atoms with Crippen molar-refractivity contribution in [2.45, 2.75) is 38.6 Å². The van der Waals surface area contributed by atoms with E-state index >= 15 is 0 Å². The van der Waals surface area contributed by atoms with Gasteiger partial charge in [-0.1, -0.05) is 6.42 Å². The van der Waals surface area contributed by atoms with E-state index in [0.29, 0.717) is 21.7 Å². The second-order valence-corrected chi connectivity index (χ2v) is 7.44. The molecule has 1 amide bonds. The van der Waals surface area contributed by atoms with Crippen LogP contribution in [0.2, 0.25) is 0 Å². The molecule has 1 N–H and O–H groups in total. The maximum Gasteiger partial charge on any atom is 0.273 e. The maximum absolute atomic E-state index is 12.6. The number of carbonyl (C=O) groups excluding carboxylic acids is 1. The molecular weight excluding hydrogens is 344 g/mol. The minimum atomic E-state index is -0.118. The van der Waals surface area contributed by atoms with Gasteiger partial charge >= 0.3 is 0 Å². The number of nitrogens with zero attached hydrogens (tertiary/aromatic N) is 3. The van der Waals surface area contributed by atoms with Crippen LogP contribution >= 0.6 is 15.9 Å². The summed E-state index contributed by atoms with van der Waals surface area (Å²) in [6, 6.07) is 2.00. The van der Waals surface area contributed by atoms with Crippen molar-refractivity contribution >= 4 is 27.5 Å².